The second-order valence-corrected chi connectivity index (χ2v) is 12.6. The Bertz CT molecular complexity index is 1150. The molecule has 2 aromatic carbocycles. The van der Waals surface area contributed by atoms with E-state index in [0.29, 0.717) is 30.6 Å². The number of nitrogens with one attached hydrogen (secondary N) is 1. The monoisotopic (exact) mass is 533 g/mol. The van der Waals surface area contributed by atoms with E-state index in [4.69, 9.17) is 16.3 Å². The smallest absolute Gasteiger partial charge is 0.331 e. The summed E-state index contributed by atoms with van der Waals surface area (Å²) in [7, 11) is -3.95. The SMILES string of the molecule is CC(C)COc1ccccc1CN1CCC2(CCCN(C(=O)NS(=O)(=O)c3ccc(Cl)cc3)C2)CC1. The molecular formula is C27H36ClN3O4S. The first-order valence-corrected chi connectivity index (χ1v) is 14.5. The van der Waals surface area contributed by atoms with Gasteiger partial charge in [0.15, 0.2) is 0 Å². The quantitative estimate of drug-likeness (QED) is 0.532. The third-order valence-electron chi connectivity index (χ3n) is 7.15. The zero-order valence-electron chi connectivity index (χ0n) is 21.1. The van der Waals surface area contributed by atoms with Crippen LogP contribution < -0.4 is 9.46 Å². The minimum atomic E-state index is -3.95. The molecule has 2 aliphatic rings. The standard InChI is InChI=1S/C27H36ClN3O4S/c1-21(2)19-35-25-7-4-3-6-22(25)18-30-16-13-27(14-17-30)12-5-15-31(20-27)26(32)29-36(33,34)24-10-8-23(28)9-11-24/h3-4,6-11,21H,5,12-20H2,1-2H3,(H,29,32). The van der Waals surface area contributed by atoms with E-state index in [1.54, 1.807) is 4.90 Å². The number of benzene rings is 2. The number of ether oxygens (including phenoxy) is 1. The van der Waals surface area contributed by atoms with Crippen molar-refractivity contribution < 1.29 is 17.9 Å². The van der Waals surface area contributed by atoms with Crippen LogP contribution in [0.2, 0.25) is 5.02 Å². The Labute approximate surface area is 219 Å². The largest absolute Gasteiger partial charge is 0.493 e. The summed E-state index contributed by atoms with van der Waals surface area (Å²) in [5, 5.41) is 0.441. The molecule has 1 spiro atoms. The number of carbonyl (C=O) groups excluding carboxylic acids is 1. The fourth-order valence-corrected chi connectivity index (χ4v) is 6.20. The second-order valence-electron chi connectivity index (χ2n) is 10.5. The molecule has 0 aliphatic carbocycles. The van der Waals surface area contributed by atoms with Crippen LogP contribution in [0, 0.1) is 11.3 Å². The molecule has 196 valence electrons. The van der Waals surface area contributed by atoms with Crippen LogP contribution in [-0.2, 0) is 16.6 Å². The van der Waals surface area contributed by atoms with E-state index < -0.39 is 16.1 Å². The van der Waals surface area contributed by atoms with E-state index in [0.717, 1.165) is 51.1 Å². The van der Waals surface area contributed by atoms with Gasteiger partial charge in [-0.25, -0.2) is 17.9 Å². The molecular weight excluding hydrogens is 498 g/mol. The summed E-state index contributed by atoms with van der Waals surface area (Å²) in [6.45, 7) is 8.86. The van der Waals surface area contributed by atoms with E-state index in [2.05, 4.69) is 35.6 Å². The lowest BCUT2D eigenvalue weighted by Crippen LogP contribution is -2.53. The van der Waals surface area contributed by atoms with Crippen LogP contribution in [0.4, 0.5) is 4.79 Å². The number of halogens is 1. The van der Waals surface area contributed by atoms with Gasteiger partial charge in [-0.2, -0.15) is 0 Å². The molecule has 2 amide bonds. The summed E-state index contributed by atoms with van der Waals surface area (Å²) in [6.07, 6.45) is 3.90. The molecule has 9 heteroatoms. The minimum Gasteiger partial charge on any atom is -0.493 e. The predicted molar refractivity (Wildman–Crippen MR) is 142 cm³/mol. The summed E-state index contributed by atoms with van der Waals surface area (Å²) < 4.78 is 33.6. The Morgan fingerprint density at radius 2 is 1.75 bits per heavy atom. The van der Waals surface area contributed by atoms with Gasteiger partial charge in [-0.15, -0.1) is 0 Å². The van der Waals surface area contributed by atoms with E-state index in [1.165, 1.54) is 29.8 Å². The summed E-state index contributed by atoms with van der Waals surface area (Å²) in [6, 6.07) is 13.5. The topological polar surface area (TPSA) is 79.0 Å². The average molecular weight is 534 g/mol. The molecule has 1 N–H and O–H groups in total. The van der Waals surface area contributed by atoms with Crippen molar-refractivity contribution >= 4 is 27.7 Å². The lowest BCUT2D eigenvalue weighted by atomic mass is 9.72. The zero-order chi connectivity index (χ0) is 25.8. The Morgan fingerprint density at radius 3 is 2.44 bits per heavy atom. The van der Waals surface area contributed by atoms with Gasteiger partial charge in [0.25, 0.3) is 10.0 Å². The molecule has 0 atom stereocenters. The van der Waals surface area contributed by atoms with Crippen LogP contribution in [0.1, 0.15) is 45.1 Å². The van der Waals surface area contributed by atoms with Crippen LogP contribution >= 0.6 is 11.6 Å². The van der Waals surface area contributed by atoms with Gasteiger partial charge in [-0.1, -0.05) is 43.6 Å². The zero-order valence-corrected chi connectivity index (χ0v) is 22.7. The molecule has 4 rings (SSSR count). The number of rotatable bonds is 7. The molecule has 0 aromatic heterocycles. The first kappa shape index (κ1) is 26.8. The second kappa shape index (κ2) is 11.4. The normalized spacial score (nSPS) is 18.4. The van der Waals surface area contributed by atoms with E-state index in [9.17, 15) is 13.2 Å². The van der Waals surface area contributed by atoms with Crippen molar-refractivity contribution in [2.24, 2.45) is 11.3 Å². The van der Waals surface area contributed by atoms with Crippen molar-refractivity contribution in [3.8, 4) is 5.75 Å². The van der Waals surface area contributed by atoms with Gasteiger partial charge in [0.05, 0.1) is 11.5 Å². The average Bonchev–Trinajstić information content (AvgIpc) is 2.85. The highest BCUT2D eigenvalue weighted by Crippen LogP contribution is 2.40. The highest BCUT2D eigenvalue weighted by molar-refractivity contribution is 7.90. The van der Waals surface area contributed by atoms with Gasteiger partial charge in [0.2, 0.25) is 0 Å². The number of piperidine rings is 2. The number of amides is 2. The fraction of sp³-hybridized carbons (Fsp3) is 0.519. The van der Waals surface area contributed by atoms with Crippen molar-refractivity contribution in [3.05, 3.63) is 59.1 Å². The molecule has 2 heterocycles. The van der Waals surface area contributed by atoms with Crippen LogP contribution in [-0.4, -0.2) is 57.0 Å². The number of likely N-dealkylation sites (tertiary alicyclic amines) is 2. The van der Waals surface area contributed by atoms with Gasteiger partial charge >= 0.3 is 6.03 Å². The summed E-state index contributed by atoms with van der Waals surface area (Å²) in [5.74, 6) is 1.43. The van der Waals surface area contributed by atoms with Gasteiger partial charge in [0, 0.05) is 30.2 Å². The lowest BCUT2D eigenvalue weighted by Gasteiger charge is -2.47. The number of carbonyl (C=O) groups is 1. The van der Waals surface area contributed by atoms with Crippen LogP contribution in [0.15, 0.2) is 53.4 Å². The number of urea groups is 1. The van der Waals surface area contributed by atoms with Crippen molar-refractivity contribution in [2.75, 3.05) is 32.8 Å². The molecule has 7 nitrogen and oxygen atoms in total. The molecule has 0 unspecified atom stereocenters. The van der Waals surface area contributed by atoms with Gasteiger partial charge < -0.3 is 9.64 Å². The third-order valence-corrected chi connectivity index (χ3v) is 8.74. The Balaban J connectivity index is 1.33. The van der Waals surface area contributed by atoms with Crippen molar-refractivity contribution in [1.82, 2.24) is 14.5 Å². The maximum absolute atomic E-state index is 12.9. The van der Waals surface area contributed by atoms with Crippen LogP contribution in [0.5, 0.6) is 5.75 Å². The number of para-hydroxylation sites is 1. The van der Waals surface area contributed by atoms with E-state index in [1.807, 2.05) is 12.1 Å². The van der Waals surface area contributed by atoms with Crippen molar-refractivity contribution in [2.45, 2.75) is 51.0 Å². The molecule has 2 aliphatic heterocycles. The first-order chi connectivity index (χ1) is 17.2. The molecule has 2 saturated heterocycles. The van der Waals surface area contributed by atoms with E-state index in [-0.39, 0.29) is 10.3 Å². The Hall–Kier alpha value is -2.29. The number of hydrogen-bond donors (Lipinski definition) is 1. The Kier molecular flexibility index (Phi) is 8.48. The maximum Gasteiger partial charge on any atom is 0.331 e. The number of hydrogen-bond acceptors (Lipinski definition) is 5. The van der Waals surface area contributed by atoms with Gasteiger partial charge in [-0.3, -0.25) is 4.90 Å². The lowest BCUT2D eigenvalue weighted by molar-refractivity contribution is 0.0358. The maximum atomic E-state index is 12.9. The highest BCUT2D eigenvalue weighted by Gasteiger charge is 2.40. The predicted octanol–water partition coefficient (Wildman–Crippen LogP) is 5.15. The Morgan fingerprint density at radius 1 is 1.06 bits per heavy atom. The fourth-order valence-electron chi connectivity index (χ4n) is 5.10. The molecule has 2 fully saturated rings. The van der Waals surface area contributed by atoms with Crippen LogP contribution in [0.25, 0.3) is 0 Å². The third kappa shape index (κ3) is 6.72. The number of nitrogens with zero attached hydrogens (tertiary/aromatic N) is 2. The molecule has 2 aromatic rings. The van der Waals surface area contributed by atoms with Crippen molar-refractivity contribution in [1.29, 1.82) is 0 Å². The van der Waals surface area contributed by atoms with Gasteiger partial charge in [0.1, 0.15) is 5.75 Å². The van der Waals surface area contributed by atoms with E-state index >= 15 is 0 Å². The summed E-state index contributed by atoms with van der Waals surface area (Å²) in [5.41, 5.74) is 1.23. The van der Waals surface area contributed by atoms with Crippen molar-refractivity contribution in [3.63, 3.8) is 0 Å². The molecule has 0 saturated carbocycles. The molecule has 0 bridgehead atoms. The highest BCUT2D eigenvalue weighted by atomic mass is 35.5. The summed E-state index contributed by atoms with van der Waals surface area (Å²) >= 11 is 5.86. The number of sulfonamides is 1. The minimum absolute atomic E-state index is 0.0259. The molecule has 0 radical (unpaired) electrons. The summed E-state index contributed by atoms with van der Waals surface area (Å²) in [4.78, 5) is 17.1. The van der Waals surface area contributed by atoms with Gasteiger partial charge in [-0.05, 0) is 80.4 Å². The van der Waals surface area contributed by atoms with Crippen LogP contribution in [0.3, 0.4) is 0 Å². The first-order valence-electron chi connectivity index (χ1n) is 12.7. The molecule has 36 heavy (non-hydrogen) atoms.